The van der Waals surface area contributed by atoms with Gasteiger partial charge in [0.2, 0.25) is 15.9 Å². The Morgan fingerprint density at radius 2 is 2.04 bits per heavy atom. The van der Waals surface area contributed by atoms with Gasteiger partial charge in [-0.1, -0.05) is 12.1 Å². The molecule has 0 saturated heterocycles. The summed E-state index contributed by atoms with van der Waals surface area (Å²) in [6.45, 7) is 1.83. The molecule has 1 aromatic heterocycles. The van der Waals surface area contributed by atoms with Crippen molar-refractivity contribution < 1.29 is 17.9 Å². The first-order chi connectivity index (χ1) is 12.4. The van der Waals surface area contributed by atoms with Crippen LogP contribution in [0.25, 0.3) is 6.08 Å². The van der Waals surface area contributed by atoms with Crippen LogP contribution in [0.5, 0.6) is 5.75 Å². The first-order valence-electron chi connectivity index (χ1n) is 7.88. The van der Waals surface area contributed by atoms with Crippen molar-refractivity contribution in [3.8, 4) is 5.75 Å². The van der Waals surface area contributed by atoms with Crippen LogP contribution >= 0.6 is 0 Å². The fourth-order valence-corrected chi connectivity index (χ4v) is 3.18. The van der Waals surface area contributed by atoms with Crippen LogP contribution in [0.2, 0.25) is 0 Å². The average molecular weight is 375 g/mol. The number of nitrogens with one attached hydrogen (secondary N) is 2. The summed E-state index contributed by atoms with van der Waals surface area (Å²) in [4.78, 5) is 16.3. The van der Waals surface area contributed by atoms with E-state index < -0.39 is 10.0 Å². The van der Waals surface area contributed by atoms with Crippen molar-refractivity contribution >= 4 is 22.0 Å². The molecule has 8 heteroatoms. The molecule has 0 bridgehead atoms. The molecule has 0 radical (unpaired) electrons. The Balaban J connectivity index is 2.15. The second kappa shape index (κ2) is 8.59. The number of nitrogens with zero attached hydrogens (tertiary/aromatic N) is 1. The topological polar surface area (TPSA) is 97.4 Å². The number of aromatic nitrogens is 1. The van der Waals surface area contributed by atoms with E-state index in [0.29, 0.717) is 5.56 Å². The van der Waals surface area contributed by atoms with Gasteiger partial charge in [-0.05, 0) is 49.9 Å². The summed E-state index contributed by atoms with van der Waals surface area (Å²) in [6, 6.07) is 9.88. The molecule has 0 saturated carbocycles. The lowest BCUT2D eigenvalue weighted by Gasteiger charge is -2.11. The van der Waals surface area contributed by atoms with Crippen molar-refractivity contribution in [3.63, 3.8) is 0 Å². The van der Waals surface area contributed by atoms with Crippen LogP contribution in [0, 0.1) is 0 Å². The van der Waals surface area contributed by atoms with Crippen LogP contribution in [0.15, 0.2) is 53.6 Å². The molecule has 1 heterocycles. The zero-order chi connectivity index (χ0) is 19.2. The van der Waals surface area contributed by atoms with Gasteiger partial charge in [0, 0.05) is 12.3 Å². The number of hydrogen-bond acceptors (Lipinski definition) is 5. The SMILES string of the molecule is CNS(=O)(=O)c1cc(/C=C/C(=O)NC(C)c2ccccn2)ccc1OC. The van der Waals surface area contributed by atoms with Gasteiger partial charge in [0.1, 0.15) is 10.6 Å². The molecule has 0 aliphatic carbocycles. The summed E-state index contributed by atoms with van der Waals surface area (Å²) in [5.41, 5.74) is 1.31. The molecule has 1 aromatic carbocycles. The van der Waals surface area contributed by atoms with Gasteiger partial charge in [-0.3, -0.25) is 9.78 Å². The van der Waals surface area contributed by atoms with E-state index in [1.165, 1.54) is 38.4 Å². The van der Waals surface area contributed by atoms with E-state index in [1.54, 1.807) is 18.3 Å². The predicted octanol–water partition coefficient (Wildman–Crippen LogP) is 1.89. The van der Waals surface area contributed by atoms with Crippen molar-refractivity contribution in [2.75, 3.05) is 14.2 Å². The second-order valence-corrected chi connectivity index (χ2v) is 7.29. The van der Waals surface area contributed by atoms with Gasteiger partial charge in [-0.25, -0.2) is 13.1 Å². The normalized spacial score (nSPS) is 12.7. The van der Waals surface area contributed by atoms with Gasteiger partial charge < -0.3 is 10.1 Å². The minimum absolute atomic E-state index is 0.00640. The maximum absolute atomic E-state index is 12.1. The van der Waals surface area contributed by atoms with Crippen molar-refractivity contribution in [2.45, 2.75) is 17.9 Å². The fourth-order valence-electron chi connectivity index (χ4n) is 2.26. The van der Waals surface area contributed by atoms with Gasteiger partial charge in [0.15, 0.2) is 0 Å². The first-order valence-corrected chi connectivity index (χ1v) is 9.37. The number of benzene rings is 1. The Morgan fingerprint density at radius 1 is 1.27 bits per heavy atom. The molecule has 0 fully saturated rings. The minimum Gasteiger partial charge on any atom is -0.495 e. The Kier molecular flexibility index (Phi) is 6.48. The highest BCUT2D eigenvalue weighted by Gasteiger charge is 2.17. The first kappa shape index (κ1) is 19.6. The molecular formula is C18H21N3O4S. The maximum atomic E-state index is 12.1. The highest BCUT2D eigenvalue weighted by molar-refractivity contribution is 7.89. The third kappa shape index (κ3) is 4.90. The quantitative estimate of drug-likeness (QED) is 0.720. The summed E-state index contributed by atoms with van der Waals surface area (Å²) >= 11 is 0. The Hall–Kier alpha value is -2.71. The Labute approximate surface area is 153 Å². The monoisotopic (exact) mass is 375 g/mol. The Bertz CT molecular complexity index is 896. The van der Waals surface area contributed by atoms with Crippen LogP contribution in [0.1, 0.15) is 24.2 Å². The zero-order valence-electron chi connectivity index (χ0n) is 14.8. The largest absolute Gasteiger partial charge is 0.495 e. The van der Waals surface area contributed by atoms with Crippen molar-refractivity contribution in [2.24, 2.45) is 0 Å². The van der Waals surface area contributed by atoms with Crippen LogP contribution in [-0.4, -0.2) is 33.5 Å². The zero-order valence-corrected chi connectivity index (χ0v) is 15.6. The summed E-state index contributed by atoms with van der Waals surface area (Å²) in [6.07, 6.45) is 4.54. The van der Waals surface area contributed by atoms with E-state index in [1.807, 2.05) is 19.1 Å². The van der Waals surface area contributed by atoms with E-state index >= 15 is 0 Å². The highest BCUT2D eigenvalue weighted by atomic mass is 32.2. The molecule has 7 nitrogen and oxygen atoms in total. The van der Waals surface area contributed by atoms with Crippen LogP contribution < -0.4 is 14.8 Å². The summed E-state index contributed by atoms with van der Waals surface area (Å²) < 4.78 is 31.5. The van der Waals surface area contributed by atoms with E-state index in [0.717, 1.165) is 5.69 Å². The predicted molar refractivity (Wildman–Crippen MR) is 99.1 cm³/mol. The van der Waals surface area contributed by atoms with Gasteiger partial charge in [0.25, 0.3) is 0 Å². The molecule has 0 aliphatic rings. The summed E-state index contributed by atoms with van der Waals surface area (Å²) in [7, 11) is -0.957. The molecule has 1 atom stereocenters. The van der Waals surface area contributed by atoms with Gasteiger partial charge >= 0.3 is 0 Å². The lowest BCUT2D eigenvalue weighted by Crippen LogP contribution is -2.25. The van der Waals surface area contributed by atoms with E-state index in [9.17, 15) is 13.2 Å². The van der Waals surface area contributed by atoms with Crippen LogP contribution in [0.4, 0.5) is 0 Å². The number of sulfonamides is 1. The molecule has 1 unspecified atom stereocenters. The van der Waals surface area contributed by atoms with Gasteiger partial charge in [0.05, 0.1) is 18.8 Å². The fraction of sp³-hybridized carbons (Fsp3) is 0.222. The van der Waals surface area contributed by atoms with Gasteiger partial charge in [-0.2, -0.15) is 0 Å². The van der Waals surface area contributed by atoms with E-state index in [2.05, 4.69) is 15.0 Å². The van der Waals surface area contributed by atoms with Crippen molar-refractivity contribution in [1.82, 2.24) is 15.0 Å². The molecule has 0 spiro atoms. The molecule has 2 rings (SSSR count). The lowest BCUT2D eigenvalue weighted by molar-refractivity contribution is -0.117. The lowest BCUT2D eigenvalue weighted by atomic mass is 10.2. The number of pyridine rings is 1. The number of carbonyl (C=O) groups excluding carboxylic acids is 1. The molecule has 26 heavy (non-hydrogen) atoms. The van der Waals surface area contributed by atoms with E-state index in [-0.39, 0.29) is 22.6 Å². The number of rotatable bonds is 7. The standard InChI is InChI=1S/C18H21N3O4S/c1-13(15-6-4-5-11-20-15)21-18(22)10-8-14-7-9-16(25-3)17(12-14)26(23,24)19-2/h4-13,19H,1-3H3,(H,21,22)/b10-8+. The molecule has 138 valence electrons. The highest BCUT2D eigenvalue weighted by Crippen LogP contribution is 2.25. The van der Waals surface area contributed by atoms with Crippen LogP contribution in [0.3, 0.4) is 0 Å². The van der Waals surface area contributed by atoms with E-state index in [4.69, 9.17) is 4.74 Å². The maximum Gasteiger partial charge on any atom is 0.244 e. The number of carbonyl (C=O) groups is 1. The molecule has 2 N–H and O–H groups in total. The number of methoxy groups -OCH3 is 1. The second-order valence-electron chi connectivity index (χ2n) is 5.44. The number of hydrogen-bond donors (Lipinski definition) is 2. The number of amides is 1. The molecule has 0 aliphatic heterocycles. The average Bonchev–Trinajstić information content (AvgIpc) is 2.66. The molecule has 1 amide bonds. The smallest absolute Gasteiger partial charge is 0.244 e. The summed E-state index contributed by atoms with van der Waals surface area (Å²) in [5, 5.41) is 2.80. The van der Waals surface area contributed by atoms with Crippen molar-refractivity contribution in [3.05, 3.63) is 59.9 Å². The number of ether oxygens (including phenoxy) is 1. The molecular weight excluding hydrogens is 354 g/mol. The van der Waals surface area contributed by atoms with Crippen LogP contribution in [-0.2, 0) is 14.8 Å². The Morgan fingerprint density at radius 3 is 2.65 bits per heavy atom. The summed E-state index contributed by atoms with van der Waals surface area (Å²) in [5.74, 6) is -0.0817. The molecule has 2 aromatic rings. The van der Waals surface area contributed by atoms with Crippen molar-refractivity contribution in [1.29, 1.82) is 0 Å². The van der Waals surface area contributed by atoms with Gasteiger partial charge in [-0.15, -0.1) is 0 Å². The third-order valence-electron chi connectivity index (χ3n) is 3.66. The third-order valence-corrected chi connectivity index (χ3v) is 5.10. The minimum atomic E-state index is -3.67.